The molecular formula is C11H21N. The van der Waals surface area contributed by atoms with Crippen LogP contribution in [0, 0.1) is 5.92 Å². The van der Waals surface area contributed by atoms with E-state index < -0.39 is 0 Å². The van der Waals surface area contributed by atoms with Gasteiger partial charge in [-0.1, -0.05) is 32.1 Å². The molecule has 0 spiro atoms. The maximum Gasteiger partial charge on any atom is 0.0167 e. The molecule has 0 atom stereocenters. The lowest BCUT2D eigenvalue weighted by Gasteiger charge is -2.15. The largest absolute Gasteiger partial charge is 0.310 e. The Morgan fingerprint density at radius 1 is 1.42 bits per heavy atom. The van der Waals surface area contributed by atoms with Crippen molar-refractivity contribution >= 4 is 0 Å². The first-order chi connectivity index (χ1) is 5.76. The van der Waals surface area contributed by atoms with Gasteiger partial charge >= 0.3 is 0 Å². The van der Waals surface area contributed by atoms with Crippen molar-refractivity contribution in [3.63, 3.8) is 0 Å². The molecule has 70 valence electrons. The fourth-order valence-electron chi connectivity index (χ4n) is 1.35. The van der Waals surface area contributed by atoms with E-state index >= 15 is 0 Å². The summed E-state index contributed by atoms with van der Waals surface area (Å²) in [5, 5.41) is 3.27. The smallest absolute Gasteiger partial charge is 0.0167 e. The molecule has 0 aliphatic rings. The van der Waals surface area contributed by atoms with Crippen LogP contribution in [0.4, 0.5) is 0 Å². The maximum atomic E-state index is 4.07. The second-order valence-corrected chi connectivity index (χ2v) is 3.09. The van der Waals surface area contributed by atoms with Gasteiger partial charge in [-0.05, 0) is 18.8 Å². The highest BCUT2D eigenvalue weighted by Gasteiger charge is 2.06. The summed E-state index contributed by atoms with van der Waals surface area (Å²) >= 11 is 0. The van der Waals surface area contributed by atoms with Crippen LogP contribution in [0.25, 0.3) is 0 Å². The minimum Gasteiger partial charge on any atom is -0.310 e. The number of hydrogen-bond acceptors (Lipinski definition) is 1. The number of hydrogen-bond donors (Lipinski definition) is 1. The average molecular weight is 167 g/mol. The molecule has 1 heteroatoms. The summed E-state index contributed by atoms with van der Waals surface area (Å²) in [5.41, 5.74) is 1.32. The summed E-state index contributed by atoms with van der Waals surface area (Å²) in [6.45, 7) is 14.0. The molecule has 12 heavy (non-hydrogen) atoms. The van der Waals surface area contributed by atoms with E-state index in [4.69, 9.17) is 0 Å². The van der Waals surface area contributed by atoms with E-state index in [9.17, 15) is 0 Å². The van der Waals surface area contributed by atoms with Crippen molar-refractivity contribution in [1.82, 2.24) is 5.32 Å². The van der Waals surface area contributed by atoms with Crippen LogP contribution in [0.3, 0.4) is 0 Å². The lowest BCUT2D eigenvalue weighted by atomic mass is 9.95. The lowest BCUT2D eigenvalue weighted by molar-refractivity contribution is 0.550. The predicted octanol–water partition coefficient (Wildman–Crippen LogP) is 2.75. The molecule has 1 N–H and O–H groups in total. The zero-order valence-corrected chi connectivity index (χ0v) is 8.40. The molecule has 0 aromatic heterocycles. The van der Waals surface area contributed by atoms with Gasteiger partial charge in [0.2, 0.25) is 0 Å². The van der Waals surface area contributed by atoms with E-state index in [1.165, 1.54) is 18.4 Å². The molecule has 0 saturated carbocycles. The van der Waals surface area contributed by atoms with Crippen molar-refractivity contribution in [3.05, 3.63) is 24.8 Å². The van der Waals surface area contributed by atoms with Crippen LogP contribution >= 0.6 is 0 Å². The van der Waals surface area contributed by atoms with Gasteiger partial charge in [-0.3, -0.25) is 0 Å². The Balaban J connectivity index is 3.61. The molecule has 0 aliphatic heterocycles. The highest BCUT2D eigenvalue weighted by Crippen LogP contribution is 2.15. The van der Waals surface area contributed by atoms with Crippen molar-refractivity contribution in [3.8, 4) is 0 Å². The first-order valence-electron chi connectivity index (χ1n) is 4.75. The molecule has 0 aromatic rings. The molecule has 0 aliphatic carbocycles. The normalized spacial score (nSPS) is 10.2. The zero-order valence-electron chi connectivity index (χ0n) is 8.40. The molecule has 0 heterocycles. The van der Waals surface area contributed by atoms with Crippen molar-refractivity contribution < 1.29 is 0 Å². The average Bonchev–Trinajstić information content (AvgIpc) is 2.07. The van der Waals surface area contributed by atoms with Crippen LogP contribution in [0.5, 0.6) is 0 Å². The van der Waals surface area contributed by atoms with E-state index in [0.29, 0.717) is 5.92 Å². The van der Waals surface area contributed by atoms with Gasteiger partial charge in [0.25, 0.3) is 0 Å². The quantitative estimate of drug-likeness (QED) is 0.454. The third kappa shape index (κ3) is 4.35. The molecule has 0 amide bonds. The molecule has 0 unspecified atom stereocenters. The SMILES string of the molecule is C=CCNCC(=C)C(CC)CC. The van der Waals surface area contributed by atoms with Gasteiger partial charge in [0.1, 0.15) is 0 Å². The van der Waals surface area contributed by atoms with Crippen LogP contribution < -0.4 is 5.32 Å². The Bertz CT molecular complexity index is 134. The maximum absolute atomic E-state index is 4.07. The summed E-state index contributed by atoms with van der Waals surface area (Å²) in [6.07, 6.45) is 4.27. The van der Waals surface area contributed by atoms with Crippen molar-refractivity contribution in [2.45, 2.75) is 26.7 Å². The van der Waals surface area contributed by atoms with E-state index in [2.05, 4.69) is 32.3 Å². The number of nitrogens with one attached hydrogen (secondary N) is 1. The van der Waals surface area contributed by atoms with Crippen LogP contribution in [0.15, 0.2) is 24.8 Å². The molecule has 0 rings (SSSR count). The summed E-state index contributed by atoms with van der Waals surface area (Å²) in [4.78, 5) is 0. The standard InChI is InChI=1S/C11H21N/c1-5-8-12-9-10(4)11(6-2)7-3/h5,11-12H,1,4,6-9H2,2-3H3. The van der Waals surface area contributed by atoms with Crippen molar-refractivity contribution in [2.75, 3.05) is 13.1 Å². The van der Waals surface area contributed by atoms with Gasteiger partial charge < -0.3 is 5.32 Å². The van der Waals surface area contributed by atoms with Gasteiger partial charge in [0.15, 0.2) is 0 Å². The fourth-order valence-corrected chi connectivity index (χ4v) is 1.35. The highest BCUT2D eigenvalue weighted by atomic mass is 14.8. The molecule has 0 fully saturated rings. The van der Waals surface area contributed by atoms with Gasteiger partial charge in [0, 0.05) is 13.1 Å². The molecule has 1 nitrogen and oxygen atoms in total. The van der Waals surface area contributed by atoms with Crippen LogP contribution in [0.2, 0.25) is 0 Å². The van der Waals surface area contributed by atoms with Crippen LogP contribution in [0.1, 0.15) is 26.7 Å². The molecule has 0 saturated heterocycles. The zero-order chi connectivity index (χ0) is 9.40. The summed E-state index contributed by atoms with van der Waals surface area (Å²) in [5.74, 6) is 0.683. The fraction of sp³-hybridized carbons (Fsp3) is 0.636. The Morgan fingerprint density at radius 3 is 2.42 bits per heavy atom. The molecule has 0 bridgehead atoms. The van der Waals surface area contributed by atoms with Gasteiger partial charge in [0.05, 0.1) is 0 Å². The minimum atomic E-state index is 0.683. The minimum absolute atomic E-state index is 0.683. The third-order valence-electron chi connectivity index (χ3n) is 2.20. The molecule has 0 radical (unpaired) electrons. The highest BCUT2D eigenvalue weighted by molar-refractivity contribution is 5.02. The first-order valence-corrected chi connectivity index (χ1v) is 4.75. The van der Waals surface area contributed by atoms with E-state index in [1.807, 2.05) is 6.08 Å². The Kier molecular flexibility index (Phi) is 6.78. The summed E-state index contributed by atoms with van der Waals surface area (Å²) < 4.78 is 0. The third-order valence-corrected chi connectivity index (χ3v) is 2.20. The Hall–Kier alpha value is -0.560. The predicted molar refractivity (Wildman–Crippen MR) is 56.3 cm³/mol. The second-order valence-electron chi connectivity index (χ2n) is 3.09. The van der Waals surface area contributed by atoms with Gasteiger partial charge in [-0.25, -0.2) is 0 Å². The first kappa shape index (κ1) is 11.4. The van der Waals surface area contributed by atoms with Gasteiger partial charge in [-0.2, -0.15) is 0 Å². The van der Waals surface area contributed by atoms with Gasteiger partial charge in [-0.15, -0.1) is 6.58 Å². The van der Waals surface area contributed by atoms with Crippen LogP contribution in [-0.4, -0.2) is 13.1 Å². The summed E-state index contributed by atoms with van der Waals surface area (Å²) in [7, 11) is 0. The topological polar surface area (TPSA) is 12.0 Å². The number of rotatable bonds is 7. The molecular weight excluding hydrogens is 146 g/mol. The monoisotopic (exact) mass is 167 g/mol. The Labute approximate surface area is 76.6 Å². The van der Waals surface area contributed by atoms with E-state index in [0.717, 1.165) is 13.1 Å². The second kappa shape index (κ2) is 7.11. The lowest BCUT2D eigenvalue weighted by Crippen LogP contribution is -2.19. The Morgan fingerprint density at radius 2 is 2.00 bits per heavy atom. The summed E-state index contributed by atoms with van der Waals surface area (Å²) in [6, 6.07) is 0. The van der Waals surface area contributed by atoms with Crippen molar-refractivity contribution in [1.29, 1.82) is 0 Å². The van der Waals surface area contributed by atoms with E-state index in [-0.39, 0.29) is 0 Å². The molecule has 0 aromatic carbocycles. The van der Waals surface area contributed by atoms with Crippen molar-refractivity contribution in [2.24, 2.45) is 5.92 Å². The van der Waals surface area contributed by atoms with E-state index in [1.54, 1.807) is 0 Å². The van der Waals surface area contributed by atoms with Crippen LogP contribution in [-0.2, 0) is 0 Å².